The number of fused-ring (bicyclic) bond motifs is 1. The molecule has 2 heterocycles. The first-order valence-corrected chi connectivity index (χ1v) is 7.32. The minimum Gasteiger partial charge on any atom is -0.378 e. The van der Waals surface area contributed by atoms with Gasteiger partial charge in [0.05, 0.1) is 22.3 Å². The first-order chi connectivity index (χ1) is 9.36. The van der Waals surface area contributed by atoms with E-state index in [-0.39, 0.29) is 0 Å². The van der Waals surface area contributed by atoms with Gasteiger partial charge in [-0.1, -0.05) is 6.92 Å². The summed E-state index contributed by atoms with van der Waals surface area (Å²) in [5.41, 5.74) is 4.05. The molecule has 0 spiro atoms. The lowest BCUT2D eigenvalue weighted by Crippen LogP contribution is -2.08. The van der Waals surface area contributed by atoms with E-state index >= 15 is 0 Å². The molecule has 0 unspecified atom stereocenters. The zero-order chi connectivity index (χ0) is 13.1. The zero-order valence-electron chi connectivity index (χ0n) is 10.8. The summed E-state index contributed by atoms with van der Waals surface area (Å²) in [6, 6.07) is 6.25. The molecule has 98 valence electrons. The predicted octanol–water partition coefficient (Wildman–Crippen LogP) is 3.51. The Kier molecular flexibility index (Phi) is 3.46. The Morgan fingerprint density at radius 1 is 1.32 bits per heavy atom. The van der Waals surface area contributed by atoms with E-state index in [1.807, 2.05) is 24.0 Å². The molecule has 0 fully saturated rings. The van der Waals surface area contributed by atoms with Crippen LogP contribution in [0.15, 0.2) is 36.1 Å². The van der Waals surface area contributed by atoms with Gasteiger partial charge in [0.15, 0.2) is 0 Å². The van der Waals surface area contributed by atoms with Crippen LogP contribution < -0.4 is 5.32 Å². The average Bonchev–Trinajstić information content (AvgIpc) is 3.05. The van der Waals surface area contributed by atoms with Crippen LogP contribution >= 0.6 is 11.3 Å². The Balaban J connectivity index is 1.72. The van der Waals surface area contributed by atoms with Gasteiger partial charge in [0.2, 0.25) is 0 Å². The topological polar surface area (TPSA) is 42.7 Å². The number of nitrogens with one attached hydrogen (secondary N) is 1. The molecule has 3 rings (SSSR count). The summed E-state index contributed by atoms with van der Waals surface area (Å²) in [5, 5.41) is 3.42. The molecule has 0 saturated heterocycles. The molecule has 19 heavy (non-hydrogen) atoms. The molecule has 1 aromatic carbocycles. The summed E-state index contributed by atoms with van der Waals surface area (Å²) >= 11 is 1.66. The second kappa shape index (κ2) is 5.40. The van der Waals surface area contributed by atoms with Crippen LogP contribution in [0.2, 0.25) is 0 Å². The smallest absolute Gasteiger partial charge is 0.128 e. The average molecular weight is 272 g/mol. The fraction of sp³-hybridized carbons (Fsp3) is 0.286. The standard InChI is InChI=1S/C14H16N4S/c1-2-6-18-7-5-15-14(18)9-16-11-3-4-12-13(8-11)19-10-17-12/h3-5,7-8,10,16H,2,6,9H2,1H3. The van der Waals surface area contributed by atoms with Crippen molar-refractivity contribution in [3.63, 3.8) is 0 Å². The molecule has 0 bridgehead atoms. The number of hydrogen-bond donors (Lipinski definition) is 1. The van der Waals surface area contributed by atoms with Gasteiger partial charge >= 0.3 is 0 Å². The van der Waals surface area contributed by atoms with Crippen LogP contribution in [-0.2, 0) is 13.1 Å². The highest BCUT2D eigenvalue weighted by Gasteiger charge is 2.03. The second-order valence-electron chi connectivity index (χ2n) is 4.43. The van der Waals surface area contributed by atoms with Crippen molar-refractivity contribution in [2.24, 2.45) is 0 Å². The molecule has 5 heteroatoms. The van der Waals surface area contributed by atoms with E-state index in [4.69, 9.17) is 0 Å². The summed E-state index contributed by atoms with van der Waals surface area (Å²) in [5.74, 6) is 1.08. The molecular formula is C14H16N4S. The van der Waals surface area contributed by atoms with Gasteiger partial charge in [0, 0.05) is 24.6 Å². The summed E-state index contributed by atoms with van der Waals surface area (Å²) < 4.78 is 3.40. The number of anilines is 1. The SMILES string of the molecule is CCCn1ccnc1CNc1ccc2ncsc2c1. The Morgan fingerprint density at radius 2 is 2.26 bits per heavy atom. The van der Waals surface area contributed by atoms with Crippen LogP contribution in [0.1, 0.15) is 19.2 Å². The van der Waals surface area contributed by atoms with Gasteiger partial charge in [-0.15, -0.1) is 11.3 Å². The molecule has 0 aliphatic heterocycles. The summed E-state index contributed by atoms with van der Waals surface area (Å²) in [4.78, 5) is 8.68. The van der Waals surface area contributed by atoms with E-state index in [0.29, 0.717) is 0 Å². The molecular weight excluding hydrogens is 256 g/mol. The number of aromatic nitrogens is 3. The van der Waals surface area contributed by atoms with Gasteiger partial charge in [-0.25, -0.2) is 9.97 Å². The van der Waals surface area contributed by atoms with E-state index in [2.05, 4.69) is 38.9 Å². The Morgan fingerprint density at radius 3 is 3.16 bits per heavy atom. The third-order valence-electron chi connectivity index (χ3n) is 3.05. The van der Waals surface area contributed by atoms with Crippen LogP contribution in [0, 0.1) is 0 Å². The fourth-order valence-corrected chi connectivity index (χ4v) is 2.81. The molecule has 1 N–H and O–H groups in total. The van der Waals surface area contributed by atoms with Gasteiger partial charge in [-0.2, -0.15) is 0 Å². The highest BCUT2D eigenvalue weighted by atomic mass is 32.1. The second-order valence-corrected chi connectivity index (χ2v) is 5.31. The highest BCUT2D eigenvalue weighted by Crippen LogP contribution is 2.22. The number of hydrogen-bond acceptors (Lipinski definition) is 4. The molecule has 0 saturated carbocycles. The monoisotopic (exact) mass is 272 g/mol. The van der Waals surface area contributed by atoms with Crippen molar-refractivity contribution in [2.75, 3.05) is 5.32 Å². The van der Waals surface area contributed by atoms with Gasteiger partial charge in [0.1, 0.15) is 5.82 Å². The molecule has 0 aliphatic rings. The maximum Gasteiger partial charge on any atom is 0.128 e. The Bertz CT molecular complexity index is 671. The number of aryl methyl sites for hydroxylation is 1. The van der Waals surface area contributed by atoms with Gasteiger partial charge in [0.25, 0.3) is 0 Å². The molecule has 4 nitrogen and oxygen atoms in total. The van der Waals surface area contributed by atoms with Crippen molar-refractivity contribution in [2.45, 2.75) is 26.4 Å². The predicted molar refractivity (Wildman–Crippen MR) is 79.5 cm³/mol. The molecule has 0 radical (unpaired) electrons. The molecule has 2 aromatic heterocycles. The van der Waals surface area contributed by atoms with Crippen molar-refractivity contribution in [3.05, 3.63) is 41.9 Å². The van der Waals surface area contributed by atoms with Gasteiger partial charge in [-0.3, -0.25) is 0 Å². The largest absolute Gasteiger partial charge is 0.378 e. The Labute approximate surface area is 116 Å². The maximum absolute atomic E-state index is 4.39. The number of imidazole rings is 1. The van der Waals surface area contributed by atoms with Gasteiger partial charge < -0.3 is 9.88 Å². The van der Waals surface area contributed by atoms with Crippen LogP contribution in [0.4, 0.5) is 5.69 Å². The number of rotatable bonds is 5. The molecule has 0 aliphatic carbocycles. The lowest BCUT2D eigenvalue weighted by Gasteiger charge is -2.08. The third-order valence-corrected chi connectivity index (χ3v) is 3.84. The van der Waals surface area contributed by atoms with E-state index < -0.39 is 0 Å². The minimum atomic E-state index is 0.747. The molecule has 0 atom stereocenters. The summed E-state index contributed by atoms with van der Waals surface area (Å²) in [6.45, 7) is 3.94. The van der Waals surface area contributed by atoms with Crippen molar-refractivity contribution < 1.29 is 0 Å². The normalized spacial score (nSPS) is 11.0. The van der Waals surface area contributed by atoms with Crippen LogP contribution in [0.25, 0.3) is 10.2 Å². The summed E-state index contributed by atoms with van der Waals surface area (Å²) in [7, 11) is 0. The minimum absolute atomic E-state index is 0.747. The Hall–Kier alpha value is -1.88. The molecule has 0 amide bonds. The highest BCUT2D eigenvalue weighted by molar-refractivity contribution is 7.16. The number of thiazole rings is 1. The van der Waals surface area contributed by atoms with Gasteiger partial charge in [-0.05, 0) is 24.6 Å². The van der Waals surface area contributed by atoms with E-state index in [1.54, 1.807) is 11.3 Å². The zero-order valence-corrected chi connectivity index (χ0v) is 11.7. The van der Waals surface area contributed by atoms with Crippen LogP contribution in [-0.4, -0.2) is 14.5 Å². The first kappa shape index (κ1) is 12.2. The summed E-state index contributed by atoms with van der Waals surface area (Å²) in [6.07, 6.45) is 5.02. The lowest BCUT2D eigenvalue weighted by molar-refractivity contribution is 0.644. The van der Waals surface area contributed by atoms with E-state index in [9.17, 15) is 0 Å². The first-order valence-electron chi connectivity index (χ1n) is 6.44. The van der Waals surface area contributed by atoms with E-state index in [1.165, 1.54) is 4.70 Å². The van der Waals surface area contributed by atoms with Crippen LogP contribution in [0.5, 0.6) is 0 Å². The van der Waals surface area contributed by atoms with Crippen molar-refractivity contribution in [3.8, 4) is 0 Å². The van der Waals surface area contributed by atoms with Crippen molar-refractivity contribution in [1.29, 1.82) is 0 Å². The van der Waals surface area contributed by atoms with Crippen molar-refractivity contribution in [1.82, 2.24) is 14.5 Å². The number of benzene rings is 1. The maximum atomic E-state index is 4.39. The van der Waals surface area contributed by atoms with Crippen molar-refractivity contribution >= 4 is 27.2 Å². The lowest BCUT2D eigenvalue weighted by atomic mass is 10.3. The number of nitrogens with zero attached hydrogens (tertiary/aromatic N) is 3. The fourth-order valence-electron chi connectivity index (χ4n) is 2.10. The van der Waals surface area contributed by atoms with E-state index in [0.717, 1.165) is 36.5 Å². The third kappa shape index (κ3) is 2.61. The van der Waals surface area contributed by atoms with Crippen LogP contribution in [0.3, 0.4) is 0 Å². The molecule has 3 aromatic rings. The quantitative estimate of drug-likeness (QED) is 0.773.